The second-order valence-electron chi connectivity index (χ2n) is 5.84. The zero-order valence-corrected chi connectivity index (χ0v) is 14.6. The molecule has 0 saturated carbocycles. The lowest BCUT2D eigenvalue weighted by atomic mass is 10.2. The zero-order valence-electron chi connectivity index (χ0n) is 13.9. The maximum Gasteiger partial charge on any atom is 0.257 e. The summed E-state index contributed by atoms with van der Waals surface area (Å²) in [6.45, 7) is 2.42. The molecular weight excluding hydrogens is 354 g/mol. The first-order chi connectivity index (χ1) is 12.7. The molecule has 0 aromatic carbocycles. The number of pyridine rings is 1. The number of rotatable bonds is 3. The zero-order chi connectivity index (χ0) is 17.9. The fourth-order valence-corrected chi connectivity index (χ4v) is 3.09. The third kappa shape index (κ3) is 3.25. The highest BCUT2D eigenvalue weighted by molar-refractivity contribution is 6.32. The number of aromatic nitrogens is 3. The molecule has 1 aliphatic rings. The van der Waals surface area contributed by atoms with Gasteiger partial charge in [-0.05, 0) is 30.3 Å². The molecule has 26 heavy (non-hydrogen) atoms. The number of nitrogens with zero attached hydrogens (tertiary/aromatic N) is 5. The Morgan fingerprint density at radius 1 is 1.04 bits per heavy atom. The topological polar surface area (TPSA) is 75.4 Å². The van der Waals surface area contributed by atoms with Gasteiger partial charge in [0.05, 0.1) is 11.8 Å². The van der Waals surface area contributed by atoms with Gasteiger partial charge in [0, 0.05) is 38.6 Å². The van der Waals surface area contributed by atoms with Crippen molar-refractivity contribution in [2.45, 2.75) is 0 Å². The van der Waals surface area contributed by atoms with E-state index in [1.54, 1.807) is 35.7 Å². The second-order valence-corrected chi connectivity index (χ2v) is 6.20. The van der Waals surface area contributed by atoms with E-state index in [0.717, 1.165) is 5.69 Å². The minimum absolute atomic E-state index is 0.104. The molecule has 0 unspecified atom stereocenters. The van der Waals surface area contributed by atoms with Gasteiger partial charge in [0.2, 0.25) is 5.95 Å². The lowest BCUT2D eigenvalue weighted by Crippen LogP contribution is -2.49. The maximum atomic E-state index is 12.6. The van der Waals surface area contributed by atoms with Crippen LogP contribution >= 0.6 is 11.6 Å². The Bertz CT molecular complexity index is 907. The van der Waals surface area contributed by atoms with Crippen LogP contribution in [0.25, 0.3) is 11.5 Å². The molecule has 4 heterocycles. The van der Waals surface area contributed by atoms with Crippen LogP contribution in [-0.4, -0.2) is 51.9 Å². The van der Waals surface area contributed by atoms with E-state index in [1.807, 2.05) is 18.2 Å². The van der Waals surface area contributed by atoms with Crippen molar-refractivity contribution in [3.63, 3.8) is 0 Å². The van der Waals surface area contributed by atoms with Crippen molar-refractivity contribution in [1.82, 2.24) is 19.9 Å². The first-order valence-electron chi connectivity index (χ1n) is 8.24. The lowest BCUT2D eigenvalue weighted by molar-refractivity contribution is 0.0746. The first-order valence-corrected chi connectivity index (χ1v) is 8.62. The van der Waals surface area contributed by atoms with E-state index >= 15 is 0 Å². The molecule has 7 nitrogen and oxygen atoms in total. The Hall–Kier alpha value is -2.93. The van der Waals surface area contributed by atoms with Gasteiger partial charge >= 0.3 is 0 Å². The molecule has 132 valence electrons. The molecule has 0 aliphatic carbocycles. The van der Waals surface area contributed by atoms with Crippen LogP contribution in [-0.2, 0) is 0 Å². The van der Waals surface area contributed by atoms with E-state index in [9.17, 15) is 4.79 Å². The predicted molar refractivity (Wildman–Crippen MR) is 97.1 cm³/mol. The SMILES string of the molecule is O=C(c1cccnc1Cl)N1CCN(c2nccc(-c3ccco3)n2)CC1. The fraction of sp³-hybridized carbons (Fsp3) is 0.222. The van der Waals surface area contributed by atoms with E-state index in [0.29, 0.717) is 43.5 Å². The summed E-state index contributed by atoms with van der Waals surface area (Å²) in [6.07, 6.45) is 4.90. The summed E-state index contributed by atoms with van der Waals surface area (Å²) < 4.78 is 5.39. The van der Waals surface area contributed by atoms with Gasteiger partial charge in [0.15, 0.2) is 5.76 Å². The summed E-state index contributed by atoms with van der Waals surface area (Å²) in [6, 6.07) is 8.90. The molecular formula is C18H16ClN5O2. The van der Waals surface area contributed by atoms with Crippen molar-refractivity contribution in [2.75, 3.05) is 31.1 Å². The van der Waals surface area contributed by atoms with E-state index in [1.165, 1.54) is 0 Å². The molecule has 0 bridgehead atoms. The van der Waals surface area contributed by atoms with E-state index in [-0.39, 0.29) is 11.1 Å². The molecule has 3 aromatic rings. The minimum Gasteiger partial charge on any atom is -0.463 e. The van der Waals surface area contributed by atoms with E-state index < -0.39 is 0 Å². The van der Waals surface area contributed by atoms with Gasteiger partial charge in [-0.3, -0.25) is 4.79 Å². The smallest absolute Gasteiger partial charge is 0.257 e. The molecule has 1 fully saturated rings. The highest BCUT2D eigenvalue weighted by Crippen LogP contribution is 2.21. The average molecular weight is 370 g/mol. The second kappa shape index (κ2) is 7.13. The summed E-state index contributed by atoms with van der Waals surface area (Å²) in [7, 11) is 0. The van der Waals surface area contributed by atoms with Crippen LogP contribution < -0.4 is 4.90 Å². The largest absolute Gasteiger partial charge is 0.463 e. The molecule has 1 aliphatic heterocycles. The molecule has 3 aromatic heterocycles. The highest BCUT2D eigenvalue weighted by Gasteiger charge is 2.25. The predicted octanol–water partition coefficient (Wildman–Crippen LogP) is 2.75. The molecule has 0 N–H and O–H groups in total. The van der Waals surface area contributed by atoms with Crippen LogP contribution in [0.4, 0.5) is 5.95 Å². The van der Waals surface area contributed by atoms with Crippen LogP contribution in [0.3, 0.4) is 0 Å². The van der Waals surface area contributed by atoms with Gasteiger partial charge in [-0.15, -0.1) is 0 Å². The van der Waals surface area contributed by atoms with E-state index in [2.05, 4.69) is 19.9 Å². The van der Waals surface area contributed by atoms with Gasteiger partial charge in [-0.25, -0.2) is 15.0 Å². The normalized spacial score (nSPS) is 14.5. The number of furan rings is 1. The van der Waals surface area contributed by atoms with Gasteiger partial charge < -0.3 is 14.2 Å². The number of hydrogen-bond donors (Lipinski definition) is 0. The van der Waals surface area contributed by atoms with Crippen molar-refractivity contribution in [2.24, 2.45) is 0 Å². The summed E-state index contributed by atoms with van der Waals surface area (Å²) in [5, 5.41) is 0.231. The lowest BCUT2D eigenvalue weighted by Gasteiger charge is -2.34. The molecule has 0 spiro atoms. The Labute approximate surface area is 155 Å². The molecule has 0 radical (unpaired) electrons. The summed E-state index contributed by atoms with van der Waals surface area (Å²) >= 11 is 6.03. The Balaban J connectivity index is 1.45. The Morgan fingerprint density at radius 2 is 1.88 bits per heavy atom. The molecule has 1 amide bonds. The van der Waals surface area contributed by atoms with Crippen molar-refractivity contribution in [3.05, 3.63) is 59.7 Å². The number of anilines is 1. The summed E-state index contributed by atoms with van der Waals surface area (Å²) in [5.74, 6) is 1.23. The number of amides is 1. The average Bonchev–Trinajstić information content (AvgIpc) is 3.23. The molecule has 4 rings (SSSR count). The number of carbonyl (C=O) groups is 1. The third-order valence-electron chi connectivity index (χ3n) is 4.26. The standard InChI is InChI=1S/C18H16ClN5O2/c19-16-13(3-1-6-20-16)17(25)23-8-10-24(11-9-23)18-21-7-5-14(22-18)15-4-2-12-26-15/h1-7,12H,8-11H2. The monoisotopic (exact) mass is 369 g/mol. The van der Waals surface area contributed by atoms with Crippen molar-refractivity contribution < 1.29 is 9.21 Å². The Kier molecular flexibility index (Phi) is 4.53. The highest BCUT2D eigenvalue weighted by atomic mass is 35.5. The summed E-state index contributed by atoms with van der Waals surface area (Å²) in [5.41, 5.74) is 1.17. The van der Waals surface area contributed by atoms with Crippen LogP contribution in [0, 0.1) is 0 Å². The first kappa shape index (κ1) is 16.5. The van der Waals surface area contributed by atoms with E-state index in [4.69, 9.17) is 16.0 Å². The minimum atomic E-state index is -0.104. The number of carbonyl (C=O) groups excluding carboxylic acids is 1. The maximum absolute atomic E-state index is 12.6. The molecule has 8 heteroatoms. The number of hydrogen-bond acceptors (Lipinski definition) is 6. The van der Waals surface area contributed by atoms with Crippen LogP contribution in [0.1, 0.15) is 10.4 Å². The van der Waals surface area contributed by atoms with Gasteiger partial charge in [0.1, 0.15) is 10.8 Å². The number of piperazine rings is 1. The van der Waals surface area contributed by atoms with Crippen LogP contribution in [0.15, 0.2) is 53.4 Å². The molecule has 0 atom stereocenters. The van der Waals surface area contributed by atoms with Crippen molar-refractivity contribution in [1.29, 1.82) is 0 Å². The quantitative estimate of drug-likeness (QED) is 0.661. The Morgan fingerprint density at radius 3 is 2.62 bits per heavy atom. The van der Waals surface area contributed by atoms with Crippen molar-refractivity contribution in [3.8, 4) is 11.5 Å². The van der Waals surface area contributed by atoms with Gasteiger partial charge in [-0.1, -0.05) is 11.6 Å². The number of halogens is 1. The van der Waals surface area contributed by atoms with Crippen LogP contribution in [0.2, 0.25) is 5.15 Å². The van der Waals surface area contributed by atoms with Gasteiger partial charge in [0.25, 0.3) is 5.91 Å². The van der Waals surface area contributed by atoms with Crippen molar-refractivity contribution >= 4 is 23.5 Å². The summed E-state index contributed by atoms with van der Waals surface area (Å²) in [4.78, 5) is 29.3. The van der Waals surface area contributed by atoms with Gasteiger partial charge in [-0.2, -0.15) is 0 Å². The molecule has 1 saturated heterocycles. The van der Waals surface area contributed by atoms with Crippen LogP contribution in [0.5, 0.6) is 0 Å². The third-order valence-corrected chi connectivity index (χ3v) is 4.56. The fourth-order valence-electron chi connectivity index (χ4n) is 2.89.